The summed E-state index contributed by atoms with van der Waals surface area (Å²) in [4.78, 5) is 17.3. The van der Waals surface area contributed by atoms with Gasteiger partial charge in [-0.2, -0.15) is 0 Å². The van der Waals surface area contributed by atoms with Crippen LogP contribution in [-0.4, -0.2) is 41.1 Å². The number of aromatic nitrogens is 1. The Morgan fingerprint density at radius 3 is 2.90 bits per heavy atom. The summed E-state index contributed by atoms with van der Waals surface area (Å²) in [6.45, 7) is 5.04. The van der Waals surface area contributed by atoms with Crippen molar-refractivity contribution in [3.05, 3.63) is 59.3 Å². The summed E-state index contributed by atoms with van der Waals surface area (Å²) in [5.74, 6) is 0.399. The van der Waals surface area contributed by atoms with Gasteiger partial charge in [0, 0.05) is 42.7 Å². The molecular weight excluding hydrogens is 366 g/mol. The van der Waals surface area contributed by atoms with Crippen molar-refractivity contribution >= 4 is 22.5 Å². The second-order valence-electron chi connectivity index (χ2n) is 7.64. The van der Waals surface area contributed by atoms with Gasteiger partial charge in [0.2, 0.25) is 5.91 Å². The molecular formula is C23H27N3O3. The van der Waals surface area contributed by atoms with Gasteiger partial charge >= 0.3 is 0 Å². The van der Waals surface area contributed by atoms with Crippen molar-refractivity contribution < 1.29 is 14.6 Å². The first kappa shape index (κ1) is 19.5. The second kappa shape index (κ2) is 7.89. The van der Waals surface area contributed by atoms with Crippen LogP contribution in [0.15, 0.2) is 42.5 Å². The molecule has 0 unspecified atom stereocenters. The molecule has 3 aromatic rings. The fraction of sp³-hybridized carbons (Fsp3) is 0.348. The fourth-order valence-electron chi connectivity index (χ4n) is 4.28. The van der Waals surface area contributed by atoms with Crippen LogP contribution in [0, 0.1) is 0 Å². The molecule has 1 aliphatic rings. The van der Waals surface area contributed by atoms with Gasteiger partial charge in [-0.1, -0.05) is 24.3 Å². The van der Waals surface area contributed by atoms with Gasteiger partial charge in [-0.05, 0) is 42.7 Å². The van der Waals surface area contributed by atoms with E-state index >= 15 is 0 Å². The smallest absolute Gasteiger partial charge is 0.221 e. The van der Waals surface area contributed by atoms with E-state index in [1.165, 1.54) is 29.1 Å². The highest BCUT2D eigenvalue weighted by Crippen LogP contribution is 2.35. The van der Waals surface area contributed by atoms with Gasteiger partial charge in [0.05, 0.1) is 18.9 Å². The summed E-state index contributed by atoms with van der Waals surface area (Å²) in [5, 5.41) is 15.0. The van der Waals surface area contributed by atoms with Gasteiger partial charge in [-0.15, -0.1) is 0 Å². The Morgan fingerprint density at radius 1 is 1.34 bits per heavy atom. The summed E-state index contributed by atoms with van der Waals surface area (Å²) in [5.41, 5.74) is 5.11. The number of nitrogens with zero attached hydrogens (tertiary/aromatic N) is 1. The Bertz CT molecular complexity index is 1040. The minimum Gasteiger partial charge on any atom is -0.495 e. The van der Waals surface area contributed by atoms with E-state index in [1.807, 2.05) is 12.1 Å². The average Bonchev–Trinajstić information content (AvgIpc) is 3.09. The number of benzene rings is 2. The Hall–Kier alpha value is -2.83. The zero-order valence-corrected chi connectivity index (χ0v) is 17.0. The molecule has 0 fully saturated rings. The maximum Gasteiger partial charge on any atom is 0.221 e. The number of aliphatic hydroxyl groups is 1. The van der Waals surface area contributed by atoms with Crippen molar-refractivity contribution in [1.29, 1.82) is 0 Å². The largest absolute Gasteiger partial charge is 0.495 e. The van der Waals surface area contributed by atoms with Gasteiger partial charge in [-0.25, -0.2) is 0 Å². The maximum absolute atomic E-state index is 11.5. The Kier molecular flexibility index (Phi) is 5.30. The summed E-state index contributed by atoms with van der Waals surface area (Å²) >= 11 is 0. The third-order valence-corrected chi connectivity index (χ3v) is 5.79. The minimum absolute atomic E-state index is 0.175. The SMILES string of the molecule is COc1ccc([C@@H](O)CN2CCc3c([nH]c4ccccc34)[C@@H]2C)cc1NC(C)=O. The molecule has 2 heterocycles. The second-order valence-corrected chi connectivity index (χ2v) is 7.64. The molecule has 0 saturated heterocycles. The highest BCUT2D eigenvalue weighted by molar-refractivity contribution is 5.90. The zero-order valence-electron chi connectivity index (χ0n) is 17.0. The van der Waals surface area contributed by atoms with Crippen LogP contribution in [0.25, 0.3) is 10.9 Å². The quantitative estimate of drug-likeness (QED) is 0.616. The van der Waals surface area contributed by atoms with Crippen molar-refractivity contribution in [1.82, 2.24) is 9.88 Å². The number of nitrogens with one attached hydrogen (secondary N) is 2. The summed E-state index contributed by atoms with van der Waals surface area (Å²) in [6.07, 6.45) is 0.290. The van der Waals surface area contributed by atoms with E-state index in [-0.39, 0.29) is 11.9 Å². The van der Waals surface area contributed by atoms with Crippen molar-refractivity contribution in [2.24, 2.45) is 0 Å². The molecule has 2 atom stereocenters. The number of ether oxygens (including phenoxy) is 1. The first-order valence-corrected chi connectivity index (χ1v) is 9.95. The zero-order chi connectivity index (χ0) is 20.5. The van der Waals surface area contributed by atoms with Crippen LogP contribution in [0.5, 0.6) is 5.75 Å². The van der Waals surface area contributed by atoms with Gasteiger partial charge < -0.3 is 20.1 Å². The standard InChI is InChI=1S/C23H27N3O3/c1-14-23-18(17-6-4-5-7-19(17)25-23)10-11-26(14)13-21(28)16-8-9-22(29-3)20(12-16)24-15(2)27/h4-9,12,14,21,25,28H,10-11,13H2,1-3H3,(H,24,27)/t14-,21-/m0/s1. The summed E-state index contributed by atoms with van der Waals surface area (Å²) < 4.78 is 5.30. The van der Waals surface area contributed by atoms with Crippen molar-refractivity contribution in [3.63, 3.8) is 0 Å². The monoisotopic (exact) mass is 393 g/mol. The van der Waals surface area contributed by atoms with E-state index < -0.39 is 6.10 Å². The first-order chi connectivity index (χ1) is 14.0. The van der Waals surface area contributed by atoms with Crippen LogP contribution in [-0.2, 0) is 11.2 Å². The number of hydrogen-bond acceptors (Lipinski definition) is 4. The minimum atomic E-state index is -0.665. The lowest BCUT2D eigenvalue weighted by Crippen LogP contribution is -2.36. The molecule has 6 nitrogen and oxygen atoms in total. The van der Waals surface area contributed by atoms with Gasteiger partial charge in [0.25, 0.3) is 0 Å². The molecule has 4 rings (SSSR count). The van der Waals surface area contributed by atoms with E-state index in [1.54, 1.807) is 19.2 Å². The number of aliphatic hydroxyl groups excluding tert-OH is 1. The van der Waals surface area contributed by atoms with Crippen LogP contribution >= 0.6 is 0 Å². The predicted octanol–water partition coefficient (Wildman–Crippen LogP) is 3.79. The number of β-amino-alcohol motifs (C(OH)–C–C–N with tert-alkyl or cyclic N) is 1. The third kappa shape index (κ3) is 3.73. The molecule has 2 aromatic carbocycles. The van der Waals surface area contributed by atoms with E-state index in [9.17, 15) is 9.90 Å². The molecule has 29 heavy (non-hydrogen) atoms. The van der Waals surface area contributed by atoms with Crippen LogP contribution in [0.1, 0.15) is 42.8 Å². The highest BCUT2D eigenvalue weighted by Gasteiger charge is 2.28. The van der Waals surface area contributed by atoms with Crippen molar-refractivity contribution in [2.45, 2.75) is 32.4 Å². The lowest BCUT2D eigenvalue weighted by atomic mass is 9.97. The maximum atomic E-state index is 11.5. The third-order valence-electron chi connectivity index (χ3n) is 5.79. The number of carbonyl (C=O) groups is 1. The van der Waals surface area contributed by atoms with Crippen LogP contribution in [0.2, 0.25) is 0 Å². The van der Waals surface area contributed by atoms with Crippen LogP contribution in [0.3, 0.4) is 0 Å². The number of para-hydroxylation sites is 1. The van der Waals surface area contributed by atoms with E-state index in [2.05, 4.69) is 40.3 Å². The molecule has 3 N–H and O–H groups in total. The number of rotatable bonds is 5. The molecule has 1 amide bonds. The molecule has 152 valence electrons. The van der Waals surface area contributed by atoms with Gasteiger partial charge in [0.1, 0.15) is 5.75 Å². The first-order valence-electron chi connectivity index (χ1n) is 9.95. The Balaban J connectivity index is 1.54. The number of fused-ring (bicyclic) bond motifs is 3. The molecule has 6 heteroatoms. The van der Waals surface area contributed by atoms with Gasteiger partial charge in [-0.3, -0.25) is 9.69 Å². The molecule has 0 spiro atoms. The molecule has 1 aliphatic heterocycles. The number of hydrogen-bond donors (Lipinski definition) is 3. The number of anilines is 1. The lowest BCUT2D eigenvalue weighted by molar-refractivity contribution is -0.114. The highest BCUT2D eigenvalue weighted by atomic mass is 16.5. The Labute approximate surface area is 170 Å². The van der Waals surface area contributed by atoms with Crippen LogP contribution in [0.4, 0.5) is 5.69 Å². The van der Waals surface area contributed by atoms with Gasteiger partial charge in [0.15, 0.2) is 0 Å². The van der Waals surface area contributed by atoms with E-state index in [4.69, 9.17) is 4.74 Å². The predicted molar refractivity (Wildman–Crippen MR) is 114 cm³/mol. The molecule has 0 aliphatic carbocycles. The summed E-state index contributed by atoms with van der Waals surface area (Å²) in [6, 6.07) is 14.0. The molecule has 0 saturated carbocycles. The van der Waals surface area contributed by atoms with Crippen LogP contribution < -0.4 is 10.1 Å². The normalized spacial score (nSPS) is 17.7. The van der Waals surface area contributed by atoms with E-state index in [0.717, 1.165) is 18.5 Å². The Morgan fingerprint density at radius 2 is 2.14 bits per heavy atom. The van der Waals surface area contributed by atoms with E-state index in [0.29, 0.717) is 18.0 Å². The topological polar surface area (TPSA) is 77.6 Å². The molecule has 0 radical (unpaired) electrons. The number of aromatic amines is 1. The fourth-order valence-corrected chi connectivity index (χ4v) is 4.28. The number of carbonyl (C=O) groups excluding carboxylic acids is 1. The molecule has 1 aromatic heterocycles. The summed E-state index contributed by atoms with van der Waals surface area (Å²) in [7, 11) is 1.56. The number of amides is 1. The molecule has 0 bridgehead atoms. The lowest BCUT2D eigenvalue weighted by Gasteiger charge is -2.35. The average molecular weight is 393 g/mol. The number of H-pyrrole nitrogens is 1. The number of methoxy groups -OCH3 is 1. The van der Waals surface area contributed by atoms with Crippen molar-refractivity contribution in [3.8, 4) is 5.75 Å². The van der Waals surface area contributed by atoms with Crippen molar-refractivity contribution in [2.75, 3.05) is 25.5 Å².